The molecule has 1 heteroatoms. The number of hydrogen-bond acceptors (Lipinski definition) is 1. The van der Waals surface area contributed by atoms with Gasteiger partial charge < -0.3 is 4.90 Å². The van der Waals surface area contributed by atoms with E-state index in [1.165, 1.54) is 32.4 Å². The molecule has 1 heterocycles. The summed E-state index contributed by atoms with van der Waals surface area (Å²) in [5.74, 6) is 0.930. The zero-order valence-electron chi connectivity index (χ0n) is 10.6. The Hall–Kier alpha value is -0.0400. The third kappa shape index (κ3) is 2.31. The third-order valence-corrected chi connectivity index (χ3v) is 4.55. The van der Waals surface area contributed by atoms with E-state index < -0.39 is 0 Å². The first kappa shape index (κ1) is 12.0. The summed E-state index contributed by atoms with van der Waals surface area (Å²) in [6.07, 6.45) is 4.08. The zero-order valence-corrected chi connectivity index (χ0v) is 10.6. The van der Waals surface area contributed by atoms with E-state index >= 15 is 0 Å². The van der Waals surface area contributed by atoms with Crippen molar-refractivity contribution < 1.29 is 0 Å². The van der Waals surface area contributed by atoms with Gasteiger partial charge in [0, 0.05) is 12.6 Å². The van der Waals surface area contributed by atoms with Gasteiger partial charge in [0.2, 0.25) is 0 Å². The Bertz CT molecular complexity index is 170. The van der Waals surface area contributed by atoms with Crippen LogP contribution >= 0.6 is 0 Å². The van der Waals surface area contributed by atoms with Gasteiger partial charge in [-0.2, -0.15) is 0 Å². The van der Waals surface area contributed by atoms with Crippen molar-refractivity contribution in [3.8, 4) is 0 Å². The predicted molar refractivity (Wildman–Crippen MR) is 63.5 cm³/mol. The molecule has 1 fully saturated rings. The molecule has 0 spiro atoms. The second kappa shape index (κ2) is 4.65. The van der Waals surface area contributed by atoms with Gasteiger partial charge in [0.1, 0.15) is 0 Å². The van der Waals surface area contributed by atoms with Crippen LogP contribution < -0.4 is 0 Å². The van der Waals surface area contributed by atoms with Gasteiger partial charge in [0.05, 0.1) is 0 Å². The number of hydrogen-bond donors (Lipinski definition) is 0. The van der Waals surface area contributed by atoms with Gasteiger partial charge in [-0.15, -0.1) is 0 Å². The molecule has 1 unspecified atom stereocenters. The highest BCUT2D eigenvalue weighted by Crippen LogP contribution is 2.40. The van der Waals surface area contributed by atoms with E-state index in [0.29, 0.717) is 5.41 Å². The van der Waals surface area contributed by atoms with Crippen molar-refractivity contribution in [3.63, 3.8) is 0 Å². The quantitative estimate of drug-likeness (QED) is 0.666. The van der Waals surface area contributed by atoms with Crippen LogP contribution in [0.4, 0.5) is 0 Å². The van der Waals surface area contributed by atoms with Crippen molar-refractivity contribution >= 4 is 0 Å². The van der Waals surface area contributed by atoms with Gasteiger partial charge in [0.25, 0.3) is 0 Å². The Morgan fingerprint density at radius 2 is 1.86 bits per heavy atom. The lowest BCUT2D eigenvalue weighted by Gasteiger charge is -2.34. The maximum Gasteiger partial charge on any atom is 0.00387 e. The molecule has 0 N–H and O–H groups in total. The van der Waals surface area contributed by atoms with Crippen molar-refractivity contribution in [1.29, 1.82) is 0 Å². The van der Waals surface area contributed by atoms with Crippen LogP contribution in [0.1, 0.15) is 53.9 Å². The number of rotatable bonds is 4. The molecule has 0 aromatic rings. The van der Waals surface area contributed by atoms with Crippen LogP contribution in [0.15, 0.2) is 0 Å². The predicted octanol–water partition coefficient (Wildman–Crippen LogP) is 3.54. The summed E-state index contributed by atoms with van der Waals surface area (Å²) >= 11 is 0. The van der Waals surface area contributed by atoms with Gasteiger partial charge >= 0.3 is 0 Å². The minimum Gasteiger partial charge on any atom is -0.301 e. The molecule has 1 atom stereocenters. The second-order valence-electron chi connectivity index (χ2n) is 5.44. The summed E-state index contributed by atoms with van der Waals surface area (Å²) in [5, 5.41) is 0. The van der Waals surface area contributed by atoms with E-state index in [-0.39, 0.29) is 0 Å². The van der Waals surface area contributed by atoms with Crippen LogP contribution in [-0.4, -0.2) is 24.0 Å². The molecular formula is C13H27N. The molecule has 0 aromatic heterocycles. The zero-order chi connectivity index (χ0) is 10.8. The average molecular weight is 197 g/mol. The van der Waals surface area contributed by atoms with Gasteiger partial charge in [-0.1, -0.05) is 33.6 Å². The highest BCUT2D eigenvalue weighted by molar-refractivity contribution is 4.88. The molecule has 0 radical (unpaired) electrons. The van der Waals surface area contributed by atoms with Crippen molar-refractivity contribution in [2.24, 2.45) is 11.3 Å². The fourth-order valence-electron chi connectivity index (χ4n) is 2.65. The normalized spacial score (nSPS) is 24.9. The van der Waals surface area contributed by atoms with Crippen LogP contribution in [0.2, 0.25) is 0 Å². The Labute approximate surface area is 89.9 Å². The van der Waals surface area contributed by atoms with E-state index in [9.17, 15) is 0 Å². The molecule has 0 aliphatic carbocycles. The number of likely N-dealkylation sites (tertiary alicyclic amines) is 1. The Morgan fingerprint density at radius 3 is 2.21 bits per heavy atom. The van der Waals surface area contributed by atoms with Gasteiger partial charge in [-0.25, -0.2) is 0 Å². The van der Waals surface area contributed by atoms with Crippen LogP contribution in [0, 0.1) is 11.3 Å². The minimum atomic E-state index is 0.587. The molecule has 1 rings (SSSR count). The average Bonchev–Trinajstić information content (AvgIpc) is 2.66. The second-order valence-corrected chi connectivity index (χ2v) is 5.44. The van der Waals surface area contributed by atoms with Crippen LogP contribution in [0.3, 0.4) is 0 Å². The standard InChI is InChI=1S/C13H27N/c1-6-13(5,7-2)12-8-9-14(10-12)11(3)4/h11-12H,6-10H2,1-5H3. The molecule has 1 aliphatic heterocycles. The topological polar surface area (TPSA) is 3.24 Å². The monoisotopic (exact) mass is 197 g/mol. The smallest absolute Gasteiger partial charge is 0.00387 e. The molecule has 0 aromatic carbocycles. The molecule has 1 aliphatic rings. The molecule has 1 nitrogen and oxygen atoms in total. The van der Waals surface area contributed by atoms with E-state index in [1.807, 2.05) is 0 Å². The van der Waals surface area contributed by atoms with Crippen molar-refractivity contribution in [3.05, 3.63) is 0 Å². The lowest BCUT2D eigenvalue weighted by atomic mass is 9.72. The molecule has 1 saturated heterocycles. The fraction of sp³-hybridized carbons (Fsp3) is 1.00. The summed E-state index contributed by atoms with van der Waals surface area (Å²) in [4.78, 5) is 2.63. The summed E-state index contributed by atoms with van der Waals surface area (Å²) in [6, 6.07) is 0.734. The van der Waals surface area contributed by atoms with E-state index in [0.717, 1.165) is 12.0 Å². The summed E-state index contributed by atoms with van der Waals surface area (Å²) in [6.45, 7) is 14.5. The molecule has 14 heavy (non-hydrogen) atoms. The minimum absolute atomic E-state index is 0.587. The van der Waals surface area contributed by atoms with Crippen LogP contribution in [-0.2, 0) is 0 Å². The van der Waals surface area contributed by atoms with Crippen LogP contribution in [0.5, 0.6) is 0 Å². The van der Waals surface area contributed by atoms with E-state index in [4.69, 9.17) is 0 Å². The highest BCUT2D eigenvalue weighted by atomic mass is 15.2. The molecule has 0 bridgehead atoms. The first-order chi connectivity index (χ1) is 6.53. The highest BCUT2D eigenvalue weighted by Gasteiger charge is 2.36. The van der Waals surface area contributed by atoms with Crippen LogP contribution in [0.25, 0.3) is 0 Å². The molecule has 0 saturated carbocycles. The first-order valence-corrected chi connectivity index (χ1v) is 6.27. The summed E-state index contributed by atoms with van der Waals surface area (Å²) in [7, 11) is 0. The van der Waals surface area contributed by atoms with Crippen molar-refractivity contribution in [1.82, 2.24) is 4.90 Å². The Morgan fingerprint density at radius 1 is 1.29 bits per heavy atom. The summed E-state index contributed by atoms with van der Waals surface area (Å²) in [5.41, 5.74) is 0.587. The first-order valence-electron chi connectivity index (χ1n) is 6.27. The molecule has 0 amide bonds. The van der Waals surface area contributed by atoms with Gasteiger partial charge in [-0.05, 0) is 38.1 Å². The van der Waals surface area contributed by atoms with E-state index in [1.54, 1.807) is 0 Å². The van der Waals surface area contributed by atoms with E-state index in [2.05, 4.69) is 39.5 Å². The number of nitrogens with zero attached hydrogens (tertiary/aromatic N) is 1. The van der Waals surface area contributed by atoms with Gasteiger partial charge in [-0.3, -0.25) is 0 Å². The molecule has 84 valence electrons. The molecular weight excluding hydrogens is 170 g/mol. The van der Waals surface area contributed by atoms with Crippen molar-refractivity contribution in [2.75, 3.05) is 13.1 Å². The summed E-state index contributed by atoms with van der Waals surface area (Å²) < 4.78 is 0. The van der Waals surface area contributed by atoms with Gasteiger partial charge in [0.15, 0.2) is 0 Å². The Balaban J connectivity index is 2.56. The fourth-order valence-corrected chi connectivity index (χ4v) is 2.65. The lowest BCUT2D eigenvalue weighted by Crippen LogP contribution is -2.32. The maximum absolute atomic E-state index is 2.63. The lowest BCUT2D eigenvalue weighted by molar-refractivity contribution is 0.159. The Kier molecular flexibility index (Phi) is 4.00. The van der Waals surface area contributed by atoms with Crippen molar-refractivity contribution in [2.45, 2.75) is 59.9 Å². The maximum atomic E-state index is 2.63. The largest absolute Gasteiger partial charge is 0.301 e. The SMILES string of the molecule is CCC(C)(CC)C1CCN(C(C)C)C1. The third-order valence-electron chi connectivity index (χ3n) is 4.55.